The molecule has 1 aliphatic heterocycles. The van der Waals surface area contributed by atoms with E-state index in [-0.39, 0.29) is 18.5 Å². The Morgan fingerprint density at radius 2 is 2.24 bits per heavy atom. The summed E-state index contributed by atoms with van der Waals surface area (Å²) >= 11 is 0. The summed E-state index contributed by atoms with van der Waals surface area (Å²) in [7, 11) is 0. The first-order valence-corrected chi connectivity index (χ1v) is 5.34. The molecule has 1 saturated heterocycles. The number of rotatable bonds is 3. The average Bonchev–Trinajstić information content (AvgIpc) is 2.68. The van der Waals surface area contributed by atoms with Crippen molar-refractivity contribution in [3.63, 3.8) is 0 Å². The third-order valence-electron chi connectivity index (χ3n) is 2.51. The van der Waals surface area contributed by atoms with Gasteiger partial charge < -0.3 is 21.3 Å². The van der Waals surface area contributed by atoms with Crippen LogP contribution in [0.25, 0.3) is 0 Å². The van der Waals surface area contributed by atoms with Crippen molar-refractivity contribution in [2.45, 2.75) is 0 Å². The van der Waals surface area contributed by atoms with Gasteiger partial charge in [-0.15, -0.1) is 0 Å². The zero-order chi connectivity index (χ0) is 12.3. The number of nitrogens with one attached hydrogen (secondary N) is 2. The molecule has 6 heteroatoms. The number of carbonyl (C=O) groups excluding carboxylic acids is 2. The number of para-hydroxylation sites is 2. The van der Waals surface area contributed by atoms with Crippen LogP contribution in [-0.2, 0) is 4.79 Å². The Kier molecular flexibility index (Phi) is 3.13. The average molecular weight is 234 g/mol. The van der Waals surface area contributed by atoms with Crippen molar-refractivity contribution < 1.29 is 9.59 Å². The van der Waals surface area contributed by atoms with E-state index in [1.165, 1.54) is 4.90 Å². The van der Waals surface area contributed by atoms with Crippen molar-refractivity contribution in [1.82, 2.24) is 10.2 Å². The molecular weight excluding hydrogens is 220 g/mol. The smallest absolute Gasteiger partial charge is 0.317 e. The molecule has 0 radical (unpaired) electrons. The standard InChI is InChI=1S/C11H14N4O2/c12-8-3-1-2-4-9(8)14-10(16)7-15-6-5-13-11(15)17/h1-4H,5-7,12H2,(H,13,17)(H,14,16). The van der Waals surface area contributed by atoms with Crippen LogP contribution in [0.3, 0.4) is 0 Å². The summed E-state index contributed by atoms with van der Waals surface area (Å²) in [6.45, 7) is 1.18. The predicted octanol–water partition coefficient (Wildman–Crippen LogP) is 0.232. The molecule has 1 aromatic rings. The van der Waals surface area contributed by atoms with E-state index in [2.05, 4.69) is 10.6 Å². The molecule has 0 aliphatic carbocycles. The number of carbonyl (C=O) groups is 2. The molecule has 0 aromatic heterocycles. The first kappa shape index (κ1) is 11.3. The molecule has 4 N–H and O–H groups in total. The fourth-order valence-corrected chi connectivity index (χ4v) is 1.64. The van der Waals surface area contributed by atoms with Crippen LogP contribution in [0, 0.1) is 0 Å². The predicted molar refractivity (Wildman–Crippen MR) is 64.5 cm³/mol. The minimum atomic E-state index is -0.250. The van der Waals surface area contributed by atoms with Crippen molar-refractivity contribution in [3.8, 4) is 0 Å². The van der Waals surface area contributed by atoms with E-state index < -0.39 is 0 Å². The summed E-state index contributed by atoms with van der Waals surface area (Å²) in [5.74, 6) is -0.250. The Labute approximate surface area is 98.8 Å². The molecule has 2 rings (SSSR count). The van der Waals surface area contributed by atoms with Crippen LogP contribution in [0.15, 0.2) is 24.3 Å². The lowest BCUT2D eigenvalue weighted by Crippen LogP contribution is -2.35. The van der Waals surface area contributed by atoms with Gasteiger partial charge >= 0.3 is 6.03 Å². The highest BCUT2D eigenvalue weighted by atomic mass is 16.2. The highest BCUT2D eigenvalue weighted by molar-refractivity contribution is 5.96. The summed E-state index contributed by atoms with van der Waals surface area (Å²) in [5.41, 5.74) is 6.77. The molecule has 1 aromatic carbocycles. The third-order valence-corrected chi connectivity index (χ3v) is 2.51. The SMILES string of the molecule is Nc1ccccc1NC(=O)CN1CCNC1=O. The van der Waals surface area contributed by atoms with Crippen LogP contribution in [-0.4, -0.2) is 36.5 Å². The first-order valence-electron chi connectivity index (χ1n) is 5.34. The number of anilines is 2. The molecule has 6 nitrogen and oxygen atoms in total. The van der Waals surface area contributed by atoms with Crippen molar-refractivity contribution in [2.75, 3.05) is 30.7 Å². The van der Waals surface area contributed by atoms with Gasteiger partial charge in [-0.05, 0) is 12.1 Å². The number of amides is 3. The quantitative estimate of drug-likeness (QED) is 0.654. The van der Waals surface area contributed by atoms with E-state index in [9.17, 15) is 9.59 Å². The van der Waals surface area contributed by atoms with Crippen molar-refractivity contribution >= 4 is 23.3 Å². The molecule has 3 amide bonds. The maximum atomic E-state index is 11.7. The molecule has 1 heterocycles. The number of nitrogens with zero attached hydrogens (tertiary/aromatic N) is 1. The Morgan fingerprint density at radius 1 is 1.47 bits per heavy atom. The fourth-order valence-electron chi connectivity index (χ4n) is 1.64. The maximum absolute atomic E-state index is 11.7. The van der Waals surface area contributed by atoms with Gasteiger partial charge in [0.2, 0.25) is 5.91 Å². The molecule has 0 unspecified atom stereocenters. The molecule has 1 fully saturated rings. The lowest BCUT2D eigenvalue weighted by molar-refractivity contribution is -0.116. The van der Waals surface area contributed by atoms with E-state index in [4.69, 9.17) is 5.73 Å². The van der Waals surface area contributed by atoms with Gasteiger partial charge in [0.1, 0.15) is 6.54 Å². The van der Waals surface area contributed by atoms with E-state index in [0.717, 1.165) is 0 Å². The summed E-state index contributed by atoms with van der Waals surface area (Å²) in [4.78, 5) is 24.4. The van der Waals surface area contributed by atoms with E-state index in [0.29, 0.717) is 24.5 Å². The van der Waals surface area contributed by atoms with Crippen molar-refractivity contribution in [3.05, 3.63) is 24.3 Å². The zero-order valence-electron chi connectivity index (χ0n) is 9.27. The second kappa shape index (κ2) is 4.73. The van der Waals surface area contributed by atoms with E-state index in [1.807, 2.05) is 0 Å². The first-order chi connectivity index (χ1) is 8.16. The van der Waals surface area contributed by atoms with Gasteiger partial charge in [0.15, 0.2) is 0 Å². The Morgan fingerprint density at radius 3 is 2.88 bits per heavy atom. The molecule has 0 bridgehead atoms. The second-order valence-electron chi connectivity index (χ2n) is 3.79. The van der Waals surface area contributed by atoms with E-state index in [1.54, 1.807) is 24.3 Å². The number of benzene rings is 1. The minimum absolute atomic E-state index is 0.0418. The molecule has 0 atom stereocenters. The highest BCUT2D eigenvalue weighted by Gasteiger charge is 2.21. The summed E-state index contributed by atoms with van der Waals surface area (Å²) in [5, 5.41) is 5.30. The van der Waals surface area contributed by atoms with Crippen LogP contribution in [0.1, 0.15) is 0 Å². The van der Waals surface area contributed by atoms with Crippen LogP contribution in [0.5, 0.6) is 0 Å². The van der Waals surface area contributed by atoms with Crippen molar-refractivity contribution in [2.24, 2.45) is 0 Å². The van der Waals surface area contributed by atoms with Crippen LogP contribution in [0.2, 0.25) is 0 Å². The number of nitrogens with two attached hydrogens (primary N) is 1. The second-order valence-corrected chi connectivity index (χ2v) is 3.79. The summed E-state index contributed by atoms with van der Waals surface area (Å²) in [6, 6.07) is 6.80. The highest BCUT2D eigenvalue weighted by Crippen LogP contribution is 2.16. The number of hydrogen-bond donors (Lipinski definition) is 3. The van der Waals surface area contributed by atoms with Crippen LogP contribution in [0.4, 0.5) is 16.2 Å². The molecule has 0 spiro atoms. The molecule has 0 saturated carbocycles. The molecule has 17 heavy (non-hydrogen) atoms. The Bertz CT molecular complexity index is 447. The molecule has 90 valence electrons. The van der Waals surface area contributed by atoms with Gasteiger partial charge in [-0.1, -0.05) is 12.1 Å². The Hall–Kier alpha value is -2.24. The van der Waals surface area contributed by atoms with E-state index >= 15 is 0 Å². The summed E-state index contributed by atoms with van der Waals surface area (Å²) in [6.07, 6.45) is 0. The van der Waals surface area contributed by atoms with Gasteiger partial charge in [0.25, 0.3) is 0 Å². The topological polar surface area (TPSA) is 87.5 Å². The number of hydrogen-bond acceptors (Lipinski definition) is 3. The largest absolute Gasteiger partial charge is 0.397 e. The third kappa shape index (κ3) is 2.66. The fraction of sp³-hybridized carbons (Fsp3) is 0.273. The maximum Gasteiger partial charge on any atom is 0.317 e. The monoisotopic (exact) mass is 234 g/mol. The van der Waals surface area contributed by atoms with Crippen LogP contribution >= 0.6 is 0 Å². The van der Waals surface area contributed by atoms with Crippen LogP contribution < -0.4 is 16.4 Å². The van der Waals surface area contributed by atoms with Gasteiger partial charge in [-0.2, -0.15) is 0 Å². The minimum Gasteiger partial charge on any atom is -0.397 e. The van der Waals surface area contributed by atoms with Gasteiger partial charge in [-0.25, -0.2) is 4.79 Å². The normalized spacial score (nSPS) is 14.6. The van der Waals surface area contributed by atoms with Crippen molar-refractivity contribution in [1.29, 1.82) is 0 Å². The molecule has 1 aliphatic rings. The number of urea groups is 1. The molecular formula is C11H14N4O2. The van der Waals surface area contributed by atoms with Gasteiger partial charge in [-0.3, -0.25) is 4.79 Å². The van der Waals surface area contributed by atoms with Gasteiger partial charge in [0, 0.05) is 13.1 Å². The zero-order valence-corrected chi connectivity index (χ0v) is 9.27. The number of nitrogen functional groups attached to an aromatic ring is 1. The van der Waals surface area contributed by atoms with Gasteiger partial charge in [0.05, 0.1) is 11.4 Å². The lowest BCUT2D eigenvalue weighted by Gasteiger charge is -2.14. The summed E-state index contributed by atoms with van der Waals surface area (Å²) < 4.78 is 0. The Balaban J connectivity index is 1.93. The lowest BCUT2D eigenvalue weighted by atomic mass is 10.2.